The number of nitrogens with one attached hydrogen (secondary N) is 1. The lowest BCUT2D eigenvalue weighted by Gasteiger charge is -2.10. The lowest BCUT2D eigenvalue weighted by atomic mass is 10.2. The molecule has 1 aliphatic heterocycles. The number of nitrogens with zero attached hydrogens (tertiary/aromatic N) is 2. The Morgan fingerprint density at radius 3 is 3.15 bits per heavy atom. The molecular weight excluding hydrogens is 186 g/mol. The van der Waals surface area contributed by atoms with Crippen molar-refractivity contribution >= 4 is 12.2 Å². The van der Waals surface area contributed by atoms with Gasteiger partial charge in [0.15, 0.2) is 4.77 Å². The molecule has 1 N–H and O–H groups in total. The fourth-order valence-electron chi connectivity index (χ4n) is 1.60. The first kappa shape index (κ1) is 8.90. The summed E-state index contributed by atoms with van der Waals surface area (Å²) in [5, 5.41) is 6.82. The van der Waals surface area contributed by atoms with Crippen LogP contribution in [0.5, 0.6) is 0 Å². The number of hydrogen-bond donors (Lipinski definition) is 1. The van der Waals surface area contributed by atoms with Crippen LogP contribution >= 0.6 is 12.2 Å². The quantitative estimate of drug-likeness (QED) is 0.733. The van der Waals surface area contributed by atoms with Crippen LogP contribution in [0.1, 0.15) is 18.7 Å². The molecule has 0 aromatic carbocycles. The zero-order valence-electron chi connectivity index (χ0n) is 7.62. The Balaban J connectivity index is 2.12. The summed E-state index contributed by atoms with van der Waals surface area (Å²) in [7, 11) is 0. The van der Waals surface area contributed by atoms with Crippen molar-refractivity contribution in [3.8, 4) is 0 Å². The predicted octanol–water partition coefficient (Wildman–Crippen LogP) is 1.43. The molecule has 0 radical (unpaired) electrons. The molecule has 5 heteroatoms. The highest BCUT2D eigenvalue weighted by molar-refractivity contribution is 7.71. The number of hydrogen-bond acceptors (Lipinski definition) is 3. The number of rotatable bonds is 2. The minimum atomic E-state index is 0.322. The van der Waals surface area contributed by atoms with E-state index < -0.39 is 0 Å². The second kappa shape index (κ2) is 3.59. The van der Waals surface area contributed by atoms with Crippen molar-refractivity contribution in [2.24, 2.45) is 0 Å². The minimum Gasteiger partial charge on any atom is -0.376 e. The van der Waals surface area contributed by atoms with Crippen molar-refractivity contribution < 1.29 is 4.74 Å². The van der Waals surface area contributed by atoms with E-state index >= 15 is 0 Å². The Morgan fingerprint density at radius 2 is 2.62 bits per heavy atom. The third kappa shape index (κ3) is 1.81. The molecule has 0 aliphatic carbocycles. The van der Waals surface area contributed by atoms with Crippen molar-refractivity contribution in [3.05, 3.63) is 10.6 Å². The van der Waals surface area contributed by atoms with Gasteiger partial charge in [-0.1, -0.05) is 0 Å². The van der Waals surface area contributed by atoms with Gasteiger partial charge in [0.05, 0.1) is 12.6 Å². The molecule has 1 fully saturated rings. The number of aromatic nitrogens is 3. The van der Waals surface area contributed by atoms with Crippen molar-refractivity contribution in [3.63, 3.8) is 0 Å². The van der Waals surface area contributed by atoms with E-state index in [0.717, 1.165) is 31.8 Å². The highest BCUT2D eigenvalue weighted by Gasteiger charge is 2.17. The summed E-state index contributed by atoms with van der Waals surface area (Å²) >= 11 is 5.10. The van der Waals surface area contributed by atoms with Crippen LogP contribution in [-0.2, 0) is 11.3 Å². The maximum absolute atomic E-state index is 5.53. The van der Waals surface area contributed by atoms with Gasteiger partial charge in [0, 0.05) is 6.61 Å². The van der Waals surface area contributed by atoms with E-state index in [0.29, 0.717) is 10.9 Å². The second-order valence-electron chi connectivity index (χ2n) is 3.32. The molecular formula is C8H13N3OS. The van der Waals surface area contributed by atoms with Gasteiger partial charge in [0.25, 0.3) is 0 Å². The largest absolute Gasteiger partial charge is 0.376 e. The number of ether oxygens (including phenoxy) is 1. The molecule has 2 rings (SSSR count). The molecule has 0 unspecified atom stereocenters. The zero-order chi connectivity index (χ0) is 9.26. The van der Waals surface area contributed by atoms with Gasteiger partial charge >= 0.3 is 0 Å². The highest BCUT2D eigenvalue weighted by atomic mass is 32.1. The predicted molar refractivity (Wildman–Crippen MR) is 51.1 cm³/mol. The van der Waals surface area contributed by atoms with Crippen LogP contribution in [-0.4, -0.2) is 27.5 Å². The maximum atomic E-state index is 5.53. The summed E-state index contributed by atoms with van der Waals surface area (Å²) in [4.78, 5) is 0. The van der Waals surface area contributed by atoms with E-state index in [1.165, 1.54) is 0 Å². The summed E-state index contributed by atoms with van der Waals surface area (Å²) < 4.78 is 8.21. The van der Waals surface area contributed by atoms with Crippen molar-refractivity contribution in [2.75, 3.05) is 6.61 Å². The molecule has 1 aromatic rings. The first-order chi connectivity index (χ1) is 6.27. The van der Waals surface area contributed by atoms with Crippen LogP contribution < -0.4 is 0 Å². The van der Waals surface area contributed by atoms with Gasteiger partial charge in [0.2, 0.25) is 0 Å². The summed E-state index contributed by atoms with van der Waals surface area (Å²) in [5.74, 6) is 0.931. The normalized spacial score (nSPS) is 22.4. The first-order valence-corrected chi connectivity index (χ1v) is 4.91. The van der Waals surface area contributed by atoms with Crippen LogP contribution in [0.15, 0.2) is 0 Å². The van der Waals surface area contributed by atoms with Gasteiger partial charge in [0.1, 0.15) is 5.82 Å². The fourth-order valence-corrected chi connectivity index (χ4v) is 1.86. The van der Waals surface area contributed by atoms with Gasteiger partial charge < -0.3 is 9.30 Å². The molecule has 0 saturated carbocycles. The molecule has 72 valence electrons. The Morgan fingerprint density at radius 1 is 1.77 bits per heavy atom. The molecule has 4 nitrogen and oxygen atoms in total. The molecule has 13 heavy (non-hydrogen) atoms. The standard InChI is InChI=1S/C8H13N3OS/c1-6-9-10-8(13)11(6)5-7-3-2-4-12-7/h7H,2-5H2,1H3,(H,10,13)/t7-/m0/s1. The average Bonchev–Trinajstić information content (AvgIpc) is 2.70. The van der Waals surface area contributed by atoms with Crippen molar-refractivity contribution in [1.82, 2.24) is 14.8 Å². The second-order valence-corrected chi connectivity index (χ2v) is 3.71. The Bertz CT molecular complexity index is 337. The fraction of sp³-hybridized carbons (Fsp3) is 0.750. The molecule has 2 heterocycles. The zero-order valence-corrected chi connectivity index (χ0v) is 8.43. The van der Waals surface area contributed by atoms with Gasteiger partial charge in [-0.25, -0.2) is 0 Å². The highest BCUT2D eigenvalue weighted by Crippen LogP contribution is 2.14. The van der Waals surface area contributed by atoms with Crippen LogP contribution in [0.3, 0.4) is 0 Å². The minimum absolute atomic E-state index is 0.322. The molecule has 1 saturated heterocycles. The average molecular weight is 199 g/mol. The number of H-pyrrole nitrogens is 1. The van der Waals surface area contributed by atoms with Crippen molar-refractivity contribution in [1.29, 1.82) is 0 Å². The maximum Gasteiger partial charge on any atom is 0.195 e. The topological polar surface area (TPSA) is 42.8 Å². The van der Waals surface area contributed by atoms with E-state index in [-0.39, 0.29) is 0 Å². The van der Waals surface area contributed by atoms with E-state index in [4.69, 9.17) is 17.0 Å². The SMILES string of the molecule is Cc1n[nH]c(=S)n1C[C@@H]1CCCO1. The van der Waals surface area contributed by atoms with Gasteiger partial charge in [-0.05, 0) is 32.0 Å². The van der Waals surface area contributed by atoms with Crippen LogP contribution in [0.25, 0.3) is 0 Å². The molecule has 1 aromatic heterocycles. The van der Waals surface area contributed by atoms with Crippen LogP contribution in [0, 0.1) is 11.7 Å². The Kier molecular flexibility index (Phi) is 2.46. The lowest BCUT2D eigenvalue weighted by molar-refractivity contribution is 0.0961. The summed E-state index contributed by atoms with van der Waals surface area (Å²) in [6, 6.07) is 0. The van der Waals surface area contributed by atoms with Gasteiger partial charge in [-0.3, -0.25) is 5.10 Å². The molecule has 0 spiro atoms. The third-order valence-corrected chi connectivity index (χ3v) is 2.67. The summed E-state index contributed by atoms with van der Waals surface area (Å²) in [6.07, 6.45) is 2.62. The molecule has 1 atom stereocenters. The van der Waals surface area contributed by atoms with E-state index in [9.17, 15) is 0 Å². The molecule has 0 amide bonds. The van der Waals surface area contributed by atoms with Gasteiger partial charge in [-0.15, -0.1) is 0 Å². The lowest BCUT2D eigenvalue weighted by Crippen LogP contribution is -2.16. The van der Waals surface area contributed by atoms with Crippen LogP contribution in [0.2, 0.25) is 0 Å². The Hall–Kier alpha value is -0.680. The van der Waals surface area contributed by atoms with Crippen LogP contribution in [0.4, 0.5) is 0 Å². The van der Waals surface area contributed by atoms with E-state index in [1.807, 2.05) is 11.5 Å². The molecule has 1 aliphatic rings. The van der Waals surface area contributed by atoms with Crippen molar-refractivity contribution in [2.45, 2.75) is 32.4 Å². The third-order valence-electron chi connectivity index (χ3n) is 2.36. The number of aryl methyl sites for hydroxylation is 1. The smallest absolute Gasteiger partial charge is 0.195 e. The Labute approximate surface area is 81.9 Å². The van der Waals surface area contributed by atoms with E-state index in [1.54, 1.807) is 0 Å². The summed E-state index contributed by atoms with van der Waals surface area (Å²) in [5.41, 5.74) is 0. The monoisotopic (exact) mass is 199 g/mol. The number of aromatic amines is 1. The first-order valence-electron chi connectivity index (χ1n) is 4.51. The summed E-state index contributed by atoms with van der Waals surface area (Å²) in [6.45, 7) is 3.66. The van der Waals surface area contributed by atoms with E-state index in [2.05, 4.69) is 10.2 Å². The van der Waals surface area contributed by atoms with Gasteiger partial charge in [-0.2, -0.15) is 5.10 Å². The molecule has 0 bridgehead atoms.